The molecule has 0 bridgehead atoms. The smallest absolute Gasteiger partial charge is 0.258 e. The number of methoxy groups -OCH3 is 1. The zero-order valence-electron chi connectivity index (χ0n) is 16.5. The lowest BCUT2D eigenvalue weighted by atomic mass is 10.2. The SMILES string of the molecule is COc1ccccc1NC(=O)C(C)Sc1ccc(NC(=O)c2ccccc2F)cc1. The average molecular weight is 424 g/mol. The van der Waals surface area contributed by atoms with Crippen LogP contribution in [0.2, 0.25) is 0 Å². The van der Waals surface area contributed by atoms with Gasteiger partial charge in [-0.1, -0.05) is 24.3 Å². The zero-order chi connectivity index (χ0) is 21.5. The molecular weight excluding hydrogens is 403 g/mol. The third-order valence-corrected chi connectivity index (χ3v) is 5.39. The van der Waals surface area contributed by atoms with Gasteiger partial charge in [0.2, 0.25) is 5.91 Å². The molecule has 0 spiro atoms. The first-order valence-corrected chi connectivity index (χ1v) is 10.1. The molecule has 0 saturated heterocycles. The molecule has 5 nitrogen and oxygen atoms in total. The molecule has 0 saturated carbocycles. The molecule has 0 fully saturated rings. The van der Waals surface area contributed by atoms with E-state index in [-0.39, 0.29) is 16.7 Å². The van der Waals surface area contributed by atoms with Gasteiger partial charge in [-0.3, -0.25) is 9.59 Å². The Hall–Kier alpha value is -3.32. The van der Waals surface area contributed by atoms with E-state index in [2.05, 4.69) is 10.6 Å². The van der Waals surface area contributed by atoms with Crippen molar-refractivity contribution in [2.45, 2.75) is 17.1 Å². The van der Waals surface area contributed by atoms with Gasteiger partial charge in [-0.25, -0.2) is 4.39 Å². The van der Waals surface area contributed by atoms with Crippen LogP contribution in [-0.4, -0.2) is 24.2 Å². The molecule has 0 aliphatic rings. The number of thioether (sulfide) groups is 1. The third-order valence-electron chi connectivity index (χ3n) is 4.28. The molecule has 3 rings (SSSR count). The van der Waals surface area contributed by atoms with Gasteiger partial charge in [0, 0.05) is 10.6 Å². The number of carbonyl (C=O) groups is 2. The maximum atomic E-state index is 13.7. The van der Waals surface area contributed by atoms with E-state index in [4.69, 9.17) is 4.74 Å². The summed E-state index contributed by atoms with van der Waals surface area (Å²) in [5, 5.41) is 5.18. The van der Waals surface area contributed by atoms with E-state index < -0.39 is 11.7 Å². The van der Waals surface area contributed by atoms with Crippen LogP contribution in [0.4, 0.5) is 15.8 Å². The zero-order valence-corrected chi connectivity index (χ0v) is 17.3. The number of ether oxygens (including phenoxy) is 1. The molecule has 1 unspecified atom stereocenters. The predicted octanol–water partition coefficient (Wildman–Crippen LogP) is 5.21. The Bertz CT molecular complexity index is 1040. The van der Waals surface area contributed by atoms with Crippen LogP contribution in [0.3, 0.4) is 0 Å². The topological polar surface area (TPSA) is 67.4 Å². The van der Waals surface area contributed by atoms with Crippen molar-refractivity contribution in [2.24, 2.45) is 0 Å². The molecule has 3 aromatic rings. The van der Waals surface area contributed by atoms with Crippen LogP contribution in [0.1, 0.15) is 17.3 Å². The van der Waals surface area contributed by atoms with E-state index >= 15 is 0 Å². The minimum Gasteiger partial charge on any atom is -0.495 e. The number of hydrogen-bond acceptors (Lipinski definition) is 4. The highest BCUT2D eigenvalue weighted by atomic mass is 32.2. The molecule has 0 aliphatic carbocycles. The average Bonchev–Trinajstić information content (AvgIpc) is 2.75. The Morgan fingerprint density at radius 2 is 1.60 bits per heavy atom. The Labute approximate surface area is 178 Å². The van der Waals surface area contributed by atoms with Crippen LogP contribution in [0.15, 0.2) is 77.7 Å². The fraction of sp³-hybridized carbons (Fsp3) is 0.130. The first kappa shape index (κ1) is 21.4. The van der Waals surface area contributed by atoms with E-state index in [1.807, 2.05) is 19.1 Å². The van der Waals surface area contributed by atoms with E-state index in [0.717, 1.165) is 4.90 Å². The lowest BCUT2D eigenvalue weighted by Gasteiger charge is -2.14. The molecule has 30 heavy (non-hydrogen) atoms. The molecule has 0 aliphatic heterocycles. The van der Waals surface area contributed by atoms with E-state index in [1.54, 1.807) is 49.6 Å². The van der Waals surface area contributed by atoms with Crippen molar-refractivity contribution in [2.75, 3.05) is 17.7 Å². The molecule has 0 aromatic heterocycles. The maximum absolute atomic E-state index is 13.7. The summed E-state index contributed by atoms with van der Waals surface area (Å²) in [6.45, 7) is 1.81. The number of carbonyl (C=O) groups excluding carboxylic acids is 2. The Morgan fingerprint density at radius 3 is 2.30 bits per heavy atom. The van der Waals surface area contributed by atoms with Gasteiger partial charge < -0.3 is 15.4 Å². The molecule has 1 atom stereocenters. The van der Waals surface area contributed by atoms with Crippen LogP contribution >= 0.6 is 11.8 Å². The summed E-state index contributed by atoms with van der Waals surface area (Å²) in [6, 6.07) is 20.1. The Kier molecular flexibility index (Phi) is 7.08. The summed E-state index contributed by atoms with van der Waals surface area (Å²) >= 11 is 1.39. The molecule has 3 aromatic carbocycles. The van der Waals surface area contributed by atoms with Gasteiger partial charge in [-0.05, 0) is 55.5 Å². The number of halogens is 1. The molecule has 2 amide bonds. The van der Waals surface area contributed by atoms with Crippen molar-refractivity contribution in [1.29, 1.82) is 0 Å². The molecule has 154 valence electrons. The Balaban J connectivity index is 1.59. The highest BCUT2D eigenvalue weighted by Crippen LogP contribution is 2.28. The monoisotopic (exact) mass is 424 g/mol. The van der Waals surface area contributed by atoms with Crippen molar-refractivity contribution in [3.8, 4) is 5.75 Å². The van der Waals surface area contributed by atoms with Gasteiger partial charge in [0.25, 0.3) is 5.91 Å². The van der Waals surface area contributed by atoms with Crippen molar-refractivity contribution < 1.29 is 18.7 Å². The fourth-order valence-electron chi connectivity index (χ4n) is 2.70. The molecule has 0 radical (unpaired) electrons. The molecule has 0 heterocycles. The van der Waals surface area contributed by atoms with Crippen LogP contribution in [0, 0.1) is 5.82 Å². The number of amides is 2. The number of hydrogen-bond donors (Lipinski definition) is 2. The van der Waals surface area contributed by atoms with Crippen LogP contribution in [0.25, 0.3) is 0 Å². The van der Waals surface area contributed by atoms with Gasteiger partial charge in [0.15, 0.2) is 0 Å². The maximum Gasteiger partial charge on any atom is 0.258 e. The van der Waals surface area contributed by atoms with Crippen LogP contribution in [0.5, 0.6) is 5.75 Å². The number of anilines is 2. The number of para-hydroxylation sites is 2. The summed E-state index contributed by atoms with van der Waals surface area (Å²) in [6.07, 6.45) is 0. The summed E-state index contributed by atoms with van der Waals surface area (Å²) in [7, 11) is 1.55. The first-order valence-electron chi connectivity index (χ1n) is 9.24. The standard InChI is InChI=1S/C23H21FN2O3S/c1-15(22(27)26-20-9-5-6-10-21(20)29-2)30-17-13-11-16(12-14-17)25-23(28)18-7-3-4-8-19(18)24/h3-15H,1-2H3,(H,25,28)(H,26,27). The Morgan fingerprint density at radius 1 is 0.933 bits per heavy atom. The van der Waals surface area contributed by atoms with Crippen molar-refractivity contribution in [1.82, 2.24) is 0 Å². The lowest BCUT2D eigenvalue weighted by molar-refractivity contribution is -0.115. The van der Waals surface area contributed by atoms with Gasteiger partial charge in [-0.15, -0.1) is 11.8 Å². The first-order chi connectivity index (χ1) is 14.5. The number of rotatable bonds is 7. The van der Waals surface area contributed by atoms with E-state index in [1.165, 1.54) is 30.0 Å². The predicted molar refractivity (Wildman–Crippen MR) is 118 cm³/mol. The highest BCUT2D eigenvalue weighted by Gasteiger charge is 2.16. The normalized spacial score (nSPS) is 11.4. The highest BCUT2D eigenvalue weighted by molar-refractivity contribution is 8.00. The summed E-state index contributed by atoms with van der Waals surface area (Å²) < 4.78 is 19.0. The lowest BCUT2D eigenvalue weighted by Crippen LogP contribution is -2.22. The quantitative estimate of drug-likeness (QED) is 0.511. The van der Waals surface area contributed by atoms with Crippen LogP contribution in [-0.2, 0) is 4.79 Å². The van der Waals surface area contributed by atoms with Gasteiger partial charge in [-0.2, -0.15) is 0 Å². The summed E-state index contributed by atoms with van der Waals surface area (Å²) in [5.41, 5.74) is 1.14. The van der Waals surface area contributed by atoms with Crippen molar-refractivity contribution >= 4 is 35.0 Å². The van der Waals surface area contributed by atoms with Crippen molar-refractivity contribution in [3.63, 3.8) is 0 Å². The van der Waals surface area contributed by atoms with Gasteiger partial charge in [0.05, 0.1) is 23.6 Å². The van der Waals surface area contributed by atoms with E-state index in [0.29, 0.717) is 17.1 Å². The minimum absolute atomic E-state index is 0.0161. The van der Waals surface area contributed by atoms with Gasteiger partial charge in [0.1, 0.15) is 11.6 Å². The molecular formula is C23H21FN2O3S. The minimum atomic E-state index is -0.572. The number of benzene rings is 3. The second kappa shape index (κ2) is 9.93. The number of nitrogens with one attached hydrogen (secondary N) is 2. The second-order valence-corrected chi connectivity index (χ2v) is 7.82. The summed E-state index contributed by atoms with van der Waals surface area (Å²) in [4.78, 5) is 25.6. The third kappa shape index (κ3) is 5.39. The molecule has 7 heteroatoms. The second-order valence-electron chi connectivity index (χ2n) is 6.41. The largest absolute Gasteiger partial charge is 0.495 e. The molecule has 2 N–H and O–H groups in total. The summed E-state index contributed by atoms with van der Waals surface area (Å²) in [5.74, 6) is -0.644. The van der Waals surface area contributed by atoms with Crippen molar-refractivity contribution in [3.05, 3.63) is 84.2 Å². The fourth-order valence-corrected chi connectivity index (χ4v) is 3.57. The van der Waals surface area contributed by atoms with E-state index in [9.17, 15) is 14.0 Å². The van der Waals surface area contributed by atoms with Crippen LogP contribution < -0.4 is 15.4 Å². The van der Waals surface area contributed by atoms with Gasteiger partial charge >= 0.3 is 0 Å².